The second kappa shape index (κ2) is 6.60. The van der Waals surface area contributed by atoms with Gasteiger partial charge in [-0.3, -0.25) is 0 Å². The maximum Gasteiger partial charge on any atom is 0.0695 e. The van der Waals surface area contributed by atoms with E-state index >= 15 is 0 Å². The molecule has 0 bridgehead atoms. The third kappa shape index (κ3) is 3.41. The zero-order chi connectivity index (χ0) is 13.0. The van der Waals surface area contributed by atoms with Crippen molar-refractivity contribution in [3.63, 3.8) is 0 Å². The van der Waals surface area contributed by atoms with Crippen LogP contribution in [0.1, 0.15) is 38.5 Å². The van der Waals surface area contributed by atoms with E-state index in [1.165, 1.54) is 12.8 Å². The normalized spacial score (nSPS) is 32.7. The van der Waals surface area contributed by atoms with Crippen molar-refractivity contribution in [1.82, 2.24) is 4.90 Å². The van der Waals surface area contributed by atoms with Crippen LogP contribution in [0, 0.1) is 5.41 Å². The molecular weight excluding hydrogens is 246 g/mol. The molecule has 0 aromatic rings. The Labute approximate surface area is 116 Å². The van der Waals surface area contributed by atoms with E-state index in [-0.39, 0.29) is 11.5 Å². The fraction of sp³-hybridized carbons (Fsp3) is 1.00. The van der Waals surface area contributed by atoms with Crippen molar-refractivity contribution >= 4 is 12.6 Å². The molecule has 0 aromatic heterocycles. The topological polar surface area (TPSA) is 32.7 Å². The molecule has 18 heavy (non-hydrogen) atoms. The first-order valence-corrected chi connectivity index (χ1v) is 7.87. The average molecular weight is 273 g/mol. The Morgan fingerprint density at radius 1 is 1.28 bits per heavy atom. The summed E-state index contributed by atoms with van der Waals surface area (Å²) in [6, 6.07) is 0.346. The molecule has 2 atom stereocenters. The van der Waals surface area contributed by atoms with Gasteiger partial charge in [-0.1, -0.05) is 12.8 Å². The fourth-order valence-corrected chi connectivity index (χ4v) is 3.84. The molecule has 2 rings (SSSR count). The molecule has 0 amide bonds. The first-order chi connectivity index (χ1) is 8.67. The molecule has 4 heteroatoms. The Balaban J connectivity index is 1.93. The lowest BCUT2D eigenvalue weighted by molar-refractivity contribution is -0.0210. The first kappa shape index (κ1) is 14.6. The van der Waals surface area contributed by atoms with Crippen LogP contribution in [0.2, 0.25) is 0 Å². The molecule has 2 aliphatic rings. The smallest absolute Gasteiger partial charge is 0.0695 e. The number of aliphatic hydroxyl groups excluding tert-OH is 1. The summed E-state index contributed by atoms with van der Waals surface area (Å²) in [5, 5.41) is 10.1. The van der Waals surface area contributed by atoms with Crippen molar-refractivity contribution in [1.29, 1.82) is 0 Å². The highest BCUT2D eigenvalue weighted by molar-refractivity contribution is 7.80. The second-order valence-corrected chi connectivity index (χ2v) is 6.42. The molecule has 1 aliphatic heterocycles. The van der Waals surface area contributed by atoms with Crippen molar-refractivity contribution in [2.75, 3.05) is 32.6 Å². The van der Waals surface area contributed by atoms with Crippen LogP contribution in [0.3, 0.4) is 0 Å². The molecule has 1 N–H and O–H groups in total. The minimum Gasteiger partial charge on any atom is -0.391 e. The standard InChI is InChI=1S/C14H27NO2S/c1-15(12-4-2-3-5-13(12)16)10-14(11-18)6-8-17-9-7-14/h12-13,16,18H,2-11H2,1H3. The second-order valence-electron chi connectivity index (χ2n) is 6.10. The number of nitrogens with zero attached hydrogens (tertiary/aromatic N) is 1. The number of likely N-dealkylation sites (N-methyl/N-ethyl adjacent to an activating group) is 1. The quantitative estimate of drug-likeness (QED) is 0.768. The molecule has 1 saturated heterocycles. The van der Waals surface area contributed by atoms with Crippen LogP contribution in [-0.4, -0.2) is 54.7 Å². The molecule has 0 aromatic carbocycles. The van der Waals surface area contributed by atoms with Gasteiger partial charge in [-0.15, -0.1) is 0 Å². The molecular formula is C14H27NO2S. The van der Waals surface area contributed by atoms with Gasteiger partial charge in [0, 0.05) is 25.8 Å². The summed E-state index contributed by atoms with van der Waals surface area (Å²) in [7, 11) is 2.17. The van der Waals surface area contributed by atoms with Gasteiger partial charge in [-0.05, 0) is 43.9 Å². The fourth-order valence-electron chi connectivity index (χ4n) is 3.42. The van der Waals surface area contributed by atoms with E-state index in [1.807, 2.05) is 0 Å². The number of rotatable bonds is 4. The molecule has 2 unspecified atom stereocenters. The lowest BCUT2D eigenvalue weighted by atomic mass is 9.80. The van der Waals surface area contributed by atoms with E-state index in [4.69, 9.17) is 4.74 Å². The van der Waals surface area contributed by atoms with Crippen LogP contribution in [0.5, 0.6) is 0 Å². The van der Waals surface area contributed by atoms with Crippen LogP contribution in [0.15, 0.2) is 0 Å². The molecule has 1 saturated carbocycles. The van der Waals surface area contributed by atoms with E-state index < -0.39 is 0 Å². The molecule has 1 heterocycles. The molecule has 0 spiro atoms. The summed E-state index contributed by atoms with van der Waals surface area (Å²) in [5.41, 5.74) is 0.285. The number of hydrogen-bond donors (Lipinski definition) is 2. The van der Waals surface area contributed by atoms with Crippen molar-refractivity contribution in [2.24, 2.45) is 5.41 Å². The van der Waals surface area contributed by atoms with Gasteiger partial charge in [-0.2, -0.15) is 12.6 Å². The summed E-state index contributed by atoms with van der Waals surface area (Å²) in [4.78, 5) is 2.38. The summed E-state index contributed by atoms with van der Waals surface area (Å²) in [6.07, 6.45) is 6.59. The molecule has 106 valence electrons. The van der Waals surface area contributed by atoms with Crippen LogP contribution in [0.4, 0.5) is 0 Å². The van der Waals surface area contributed by atoms with E-state index in [0.29, 0.717) is 6.04 Å². The third-order valence-electron chi connectivity index (χ3n) is 4.73. The number of thiol groups is 1. The van der Waals surface area contributed by atoms with Crippen molar-refractivity contribution in [3.05, 3.63) is 0 Å². The highest BCUT2D eigenvalue weighted by Crippen LogP contribution is 2.34. The van der Waals surface area contributed by atoms with Gasteiger partial charge in [0.15, 0.2) is 0 Å². The largest absolute Gasteiger partial charge is 0.391 e. The zero-order valence-electron chi connectivity index (χ0n) is 11.5. The Morgan fingerprint density at radius 2 is 1.94 bits per heavy atom. The minimum absolute atomic E-state index is 0.138. The van der Waals surface area contributed by atoms with Gasteiger partial charge < -0.3 is 14.7 Å². The van der Waals surface area contributed by atoms with Crippen molar-refractivity contribution in [3.8, 4) is 0 Å². The maximum atomic E-state index is 10.1. The highest BCUT2D eigenvalue weighted by atomic mass is 32.1. The Morgan fingerprint density at radius 3 is 2.56 bits per heavy atom. The van der Waals surface area contributed by atoms with Crippen molar-refractivity contribution < 1.29 is 9.84 Å². The summed E-state index contributed by atoms with van der Waals surface area (Å²) in [6.45, 7) is 2.77. The third-order valence-corrected chi connectivity index (χ3v) is 5.40. The SMILES string of the molecule is CN(CC1(CS)CCOCC1)C1CCCCC1O. The number of ether oxygens (including phenoxy) is 1. The van der Waals surface area contributed by atoms with Crippen LogP contribution in [0.25, 0.3) is 0 Å². The lowest BCUT2D eigenvalue weighted by Gasteiger charge is -2.43. The van der Waals surface area contributed by atoms with Crippen LogP contribution < -0.4 is 0 Å². The minimum atomic E-state index is -0.138. The maximum absolute atomic E-state index is 10.1. The highest BCUT2D eigenvalue weighted by Gasteiger charge is 2.36. The van der Waals surface area contributed by atoms with Crippen molar-refractivity contribution in [2.45, 2.75) is 50.7 Å². The zero-order valence-corrected chi connectivity index (χ0v) is 12.4. The van der Waals surface area contributed by atoms with E-state index in [0.717, 1.165) is 51.2 Å². The molecule has 1 aliphatic carbocycles. The Hall–Kier alpha value is 0.230. The predicted molar refractivity (Wildman–Crippen MR) is 77.2 cm³/mol. The van der Waals surface area contributed by atoms with E-state index in [9.17, 15) is 5.11 Å². The van der Waals surface area contributed by atoms with Gasteiger partial charge in [0.05, 0.1) is 6.10 Å². The van der Waals surface area contributed by atoms with Gasteiger partial charge >= 0.3 is 0 Å². The van der Waals surface area contributed by atoms with Crippen LogP contribution >= 0.6 is 12.6 Å². The van der Waals surface area contributed by atoms with Crippen LogP contribution in [-0.2, 0) is 4.74 Å². The molecule has 0 radical (unpaired) electrons. The predicted octanol–water partition coefficient (Wildman–Crippen LogP) is 1.95. The number of hydrogen-bond acceptors (Lipinski definition) is 4. The lowest BCUT2D eigenvalue weighted by Crippen LogP contribution is -2.49. The average Bonchev–Trinajstić information content (AvgIpc) is 2.40. The van der Waals surface area contributed by atoms with Gasteiger partial charge in [-0.25, -0.2) is 0 Å². The Kier molecular flexibility index (Phi) is 5.36. The molecule has 3 nitrogen and oxygen atoms in total. The summed E-state index contributed by atoms with van der Waals surface area (Å²) < 4.78 is 5.47. The van der Waals surface area contributed by atoms with E-state index in [1.54, 1.807) is 0 Å². The van der Waals surface area contributed by atoms with Gasteiger partial charge in [0.2, 0.25) is 0 Å². The monoisotopic (exact) mass is 273 g/mol. The summed E-state index contributed by atoms with van der Waals surface area (Å²) >= 11 is 4.57. The van der Waals surface area contributed by atoms with Gasteiger partial charge in [0.1, 0.15) is 0 Å². The summed E-state index contributed by atoms with van der Waals surface area (Å²) in [5.74, 6) is 0.920. The number of aliphatic hydroxyl groups is 1. The molecule has 2 fully saturated rings. The first-order valence-electron chi connectivity index (χ1n) is 7.24. The van der Waals surface area contributed by atoms with Gasteiger partial charge in [0.25, 0.3) is 0 Å². The Bertz CT molecular complexity index is 256. The van der Waals surface area contributed by atoms with E-state index in [2.05, 4.69) is 24.6 Å².